The van der Waals surface area contributed by atoms with Crippen molar-refractivity contribution in [1.29, 1.82) is 0 Å². The molecular formula is C10H18N2O2. The Hall–Kier alpha value is -0.870. The lowest BCUT2D eigenvalue weighted by molar-refractivity contribution is 0.121. The van der Waals surface area contributed by atoms with Gasteiger partial charge >= 0.3 is 0 Å². The highest BCUT2D eigenvalue weighted by Crippen LogP contribution is 1.97. The standard InChI is InChI=1S/C10H18N2O2/c1-2-3-7-14-8-6-12-5-4-11-10(12)9-13/h4-5,13H,2-3,6-9H2,1H3. The Kier molecular flexibility index (Phi) is 5.25. The van der Waals surface area contributed by atoms with E-state index < -0.39 is 0 Å². The first-order chi connectivity index (χ1) is 6.88. The van der Waals surface area contributed by atoms with Gasteiger partial charge < -0.3 is 14.4 Å². The maximum absolute atomic E-state index is 8.92. The number of aromatic nitrogens is 2. The fourth-order valence-corrected chi connectivity index (χ4v) is 1.21. The Labute approximate surface area is 84.5 Å². The number of nitrogens with zero attached hydrogens (tertiary/aromatic N) is 2. The topological polar surface area (TPSA) is 47.3 Å². The summed E-state index contributed by atoms with van der Waals surface area (Å²) in [6.07, 6.45) is 5.82. The predicted octanol–water partition coefficient (Wildman–Crippen LogP) is 1.19. The van der Waals surface area contributed by atoms with Crippen LogP contribution in [0.4, 0.5) is 0 Å². The van der Waals surface area contributed by atoms with Crippen LogP contribution in [0.15, 0.2) is 12.4 Å². The van der Waals surface area contributed by atoms with Crippen LogP contribution in [-0.4, -0.2) is 27.9 Å². The molecule has 0 radical (unpaired) electrons. The fourth-order valence-electron chi connectivity index (χ4n) is 1.21. The average Bonchev–Trinajstić information content (AvgIpc) is 2.65. The van der Waals surface area contributed by atoms with Crippen molar-refractivity contribution >= 4 is 0 Å². The highest BCUT2D eigenvalue weighted by Gasteiger charge is 1.99. The molecule has 1 aromatic heterocycles. The smallest absolute Gasteiger partial charge is 0.134 e. The molecule has 4 nitrogen and oxygen atoms in total. The number of ether oxygens (including phenoxy) is 1. The Morgan fingerprint density at radius 2 is 2.36 bits per heavy atom. The van der Waals surface area contributed by atoms with Crippen molar-refractivity contribution in [3.8, 4) is 0 Å². The molecule has 0 atom stereocenters. The molecule has 14 heavy (non-hydrogen) atoms. The first-order valence-corrected chi connectivity index (χ1v) is 5.07. The minimum atomic E-state index is -0.0119. The minimum absolute atomic E-state index is 0.0119. The summed E-state index contributed by atoms with van der Waals surface area (Å²) in [4.78, 5) is 4.01. The van der Waals surface area contributed by atoms with Crippen molar-refractivity contribution in [2.75, 3.05) is 13.2 Å². The third-order valence-electron chi connectivity index (χ3n) is 2.06. The van der Waals surface area contributed by atoms with Crippen molar-refractivity contribution in [2.24, 2.45) is 0 Å². The maximum Gasteiger partial charge on any atom is 0.134 e. The summed E-state index contributed by atoms with van der Waals surface area (Å²) in [5.41, 5.74) is 0. The molecule has 4 heteroatoms. The molecule has 0 aliphatic rings. The van der Waals surface area contributed by atoms with E-state index >= 15 is 0 Å². The quantitative estimate of drug-likeness (QED) is 0.669. The van der Waals surface area contributed by atoms with Crippen LogP contribution >= 0.6 is 0 Å². The summed E-state index contributed by atoms with van der Waals surface area (Å²) in [6.45, 7) is 4.40. The molecule has 0 saturated carbocycles. The van der Waals surface area contributed by atoms with Crippen LogP contribution in [0.1, 0.15) is 25.6 Å². The Bertz CT molecular complexity index is 248. The molecule has 1 aromatic rings. The van der Waals surface area contributed by atoms with Gasteiger partial charge in [0.2, 0.25) is 0 Å². The first-order valence-electron chi connectivity index (χ1n) is 5.07. The SMILES string of the molecule is CCCCOCCn1ccnc1CO. The molecule has 0 amide bonds. The van der Waals surface area contributed by atoms with Gasteiger partial charge in [0.05, 0.1) is 6.61 Å². The van der Waals surface area contributed by atoms with E-state index in [4.69, 9.17) is 9.84 Å². The zero-order valence-corrected chi connectivity index (χ0v) is 8.65. The molecule has 0 saturated heterocycles. The summed E-state index contributed by atoms with van der Waals surface area (Å²) >= 11 is 0. The van der Waals surface area contributed by atoms with Crippen LogP contribution in [-0.2, 0) is 17.9 Å². The minimum Gasteiger partial charge on any atom is -0.388 e. The molecule has 80 valence electrons. The Morgan fingerprint density at radius 1 is 1.50 bits per heavy atom. The van der Waals surface area contributed by atoms with E-state index in [-0.39, 0.29) is 6.61 Å². The van der Waals surface area contributed by atoms with Crippen LogP contribution in [0.3, 0.4) is 0 Å². The van der Waals surface area contributed by atoms with Gasteiger partial charge in [0.25, 0.3) is 0 Å². The second-order valence-corrected chi connectivity index (χ2v) is 3.16. The fraction of sp³-hybridized carbons (Fsp3) is 0.700. The number of rotatable bonds is 7. The molecule has 1 N–H and O–H groups in total. The monoisotopic (exact) mass is 198 g/mol. The van der Waals surface area contributed by atoms with Crippen molar-refractivity contribution in [2.45, 2.75) is 32.9 Å². The van der Waals surface area contributed by atoms with E-state index in [1.165, 1.54) is 0 Å². The number of unbranched alkanes of at least 4 members (excludes halogenated alkanes) is 1. The van der Waals surface area contributed by atoms with E-state index in [2.05, 4.69) is 11.9 Å². The molecule has 0 aromatic carbocycles. The lowest BCUT2D eigenvalue weighted by Crippen LogP contribution is -2.09. The van der Waals surface area contributed by atoms with Gasteiger partial charge in [0.15, 0.2) is 0 Å². The number of aliphatic hydroxyl groups is 1. The van der Waals surface area contributed by atoms with E-state index in [9.17, 15) is 0 Å². The summed E-state index contributed by atoms with van der Waals surface area (Å²) < 4.78 is 7.33. The second kappa shape index (κ2) is 6.56. The maximum atomic E-state index is 8.92. The summed E-state index contributed by atoms with van der Waals surface area (Å²) in [6, 6.07) is 0. The molecule has 0 spiro atoms. The highest BCUT2D eigenvalue weighted by atomic mass is 16.5. The first kappa shape index (κ1) is 11.2. The highest BCUT2D eigenvalue weighted by molar-refractivity contribution is 4.89. The third kappa shape index (κ3) is 3.47. The molecule has 1 heterocycles. The predicted molar refractivity (Wildman–Crippen MR) is 53.9 cm³/mol. The van der Waals surface area contributed by atoms with Crippen molar-refractivity contribution in [1.82, 2.24) is 9.55 Å². The molecule has 0 unspecified atom stereocenters. The lowest BCUT2D eigenvalue weighted by Gasteiger charge is -2.06. The van der Waals surface area contributed by atoms with E-state index in [0.717, 1.165) is 26.0 Å². The molecular weight excluding hydrogens is 180 g/mol. The van der Waals surface area contributed by atoms with E-state index in [1.807, 2.05) is 10.8 Å². The Morgan fingerprint density at radius 3 is 3.07 bits per heavy atom. The van der Waals surface area contributed by atoms with Gasteiger partial charge in [-0.2, -0.15) is 0 Å². The summed E-state index contributed by atoms with van der Waals surface area (Å²) in [7, 11) is 0. The normalized spacial score (nSPS) is 10.7. The number of aliphatic hydroxyl groups excluding tert-OH is 1. The van der Waals surface area contributed by atoms with Gasteiger partial charge in [-0.25, -0.2) is 4.98 Å². The number of imidazole rings is 1. The molecule has 0 aliphatic carbocycles. The molecule has 0 fully saturated rings. The summed E-state index contributed by atoms with van der Waals surface area (Å²) in [5.74, 6) is 0.698. The van der Waals surface area contributed by atoms with Gasteiger partial charge in [0, 0.05) is 25.5 Å². The van der Waals surface area contributed by atoms with Crippen LogP contribution in [0, 0.1) is 0 Å². The van der Waals surface area contributed by atoms with E-state index in [0.29, 0.717) is 12.4 Å². The molecule has 0 bridgehead atoms. The van der Waals surface area contributed by atoms with Crippen molar-refractivity contribution in [3.05, 3.63) is 18.2 Å². The number of hydrogen-bond acceptors (Lipinski definition) is 3. The average molecular weight is 198 g/mol. The van der Waals surface area contributed by atoms with Crippen molar-refractivity contribution in [3.63, 3.8) is 0 Å². The lowest BCUT2D eigenvalue weighted by atomic mass is 10.4. The van der Waals surface area contributed by atoms with Crippen LogP contribution in [0.5, 0.6) is 0 Å². The third-order valence-corrected chi connectivity index (χ3v) is 2.06. The van der Waals surface area contributed by atoms with Crippen LogP contribution < -0.4 is 0 Å². The Balaban J connectivity index is 2.17. The summed E-state index contributed by atoms with van der Waals surface area (Å²) in [5, 5.41) is 8.92. The van der Waals surface area contributed by atoms with Gasteiger partial charge in [-0.1, -0.05) is 13.3 Å². The van der Waals surface area contributed by atoms with Gasteiger partial charge in [0.1, 0.15) is 12.4 Å². The van der Waals surface area contributed by atoms with E-state index in [1.54, 1.807) is 6.20 Å². The number of hydrogen-bond donors (Lipinski definition) is 1. The largest absolute Gasteiger partial charge is 0.388 e. The van der Waals surface area contributed by atoms with Gasteiger partial charge in [-0.05, 0) is 6.42 Å². The molecule has 0 aliphatic heterocycles. The molecule has 1 rings (SSSR count). The zero-order chi connectivity index (χ0) is 10.2. The van der Waals surface area contributed by atoms with Gasteiger partial charge in [-0.15, -0.1) is 0 Å². The zero-order valence-electron chi connectivity index (χ0n) is 8.65. The van der Waals surface area contributed by atoms with Crippen molar-refractivity contribution < 1.29 is 9.84 Å². The van der Waals surface area contributed by atoms with Crippen LogP contribution in [0.25, 0.3) is 0 Å². The van der Waals surface area contributed by atoms with Gasteiger partial charge in [-0.3, -0.25) is 0 Å². The second-order valence-electron chi connectivity index (χ2n) is 3.16. The van der Waals surface area contributed by atoms with Crippen LogP contribution in [0.2, 0.25) is 0 Å².